The van der Waals surface area contributed by atoms with Crippen molar-refractivity contribution in [2.24, 2.45) is 0 Å². The van der Waals surface area contributed by atoms with E-state index in [1.165, 1.54) is 10.4 Å². The molecule has 0 unspecified atom stereocenters. The average Bonchev–Trinajstić information content (AvgIpc) is 2.68. The largest absolute Gasteiger partial charge is 0.407 e. The van der Waals surface area contributed by atoms with Gasteiger partial charge in [0.15, 0.2) is 0 Å². The average molecular weight is 401 g/mol. The summed E-state index contributed by atoms with van der Waals surface area (Å²) in [5.41, 5.74) is 0. The molecule has 0 saturated heterocycles. The summed E-state index contributed by atoms with van der Waals surface area (Å²) in [5, 5.41) is 11.3. The highest BCUT2D eigenvalue weighted by atomic mass is 28.4. The van der Waals surface area contributed by atoms with E-state index < -0.39 is 8.32 Å². The second kappa shape index (κ2) is 10.7. The predicted octanol–water partition coefficient (Wildman–Crippen LogP) is 4.97. The van der Waals surface area contributed by atoms with Gasteiger partial charge in [-0.05, 0) is 34.7 Å². The van der Waals surface area contributed by atoms with Gasteiger partial charge in [0.05, 0.1) is 5.83 Å². The summed E-state index contributed by atoms with van der Waals surface area (Å²) < 4.78 is 20.2. The van der Waals surface area contributed by atoms with Gasteiger partial charge < -0.3 is 9.53 Å². The molecule has 0 atom stereocenters. The summed E-state index contributed by atoms with van der Waals surface area (Å²) in [4.78, 5) is 0. The number of hydrogen-bond donors (Lipinski definition) is 1. The highest BCUT2D eigenvalue weighted by Crippen LogP contribution is 2.36. The molecule has 0 saturated carbocycles. The number of unbranched alkanes of at least 4 members (excludes halogenated alkanes) is 2. The van der Waals surface area contributed by atoms with Crippen molar-refractivity contribution in [3.8, 4) is 0 Å². The number of aliphatic hydroxyl groups excluding tert-OH is 1. The molecule has 4 heteroatoms. The third-order valence-corrected chi connectivity index (χ3v) is 10.1. The molecule has 2 nitrogen and oxygen atoms in total. The first-order chi connectivity index (χ1) is 13.4. The maximum absolute atomic E-state index is 13.4. The fourth-order valence-corrected chi connectivity index (χ4v) is 8.31. The molecule has 152 valence electrons. The van der Waals surface area contributed by atoms with Gasteiger partial charge >= 0.3 is 0 Å². The lowest BCUT2D eigenvalue weighted by Crippen LogP contribution is -2.66. The van der Waals surface area contributed by atoms with Gasteiger partial charge in [0.25, 0.3) is 8.32 Å². The molecule has 2 aromatic carbocycles. The van der Waals surface area contributed by atoms with Crippen molar-refractivity contribution in [2.75, 3.05) is 13.2 Å². The van der Waals surface area contributed by atoms with E-state index in [1.54, 1.807) is 6.08 Å². The van der Waals surface area contributed by atoms with E-state index in [1.807, 2.05) is 12.1 Å². The Bertz CT molecular complexity index is 684. The van der Waals surface area contributed by atoms with Crippen LogP contribution in [0.3, 0.4) is 0 Å². The summed E-state index contributed by atoms with van der Waals surface area (Å²) in [5.74, 6) is -0.226. The van der Waals surface area contributed by atoms with Gasteiger partial charge in [0.1, 0.15) is 0 Å². The van der Waals surface area contributed by atoms with E-state index in [9.17, 15) is 4.39 Å². The number of rotatable bonds is 10. The number of hydrogen-bond acceptors (Lipinski definition) is 2. The first kappa shape index (κ1) is 22.5. The third kappa shape index (κ3) is 5.63. The zero-order valence-electron chi connectivity index (χ0n) is 17.3. The van der Waals surface area contributed by atoms with Crippen LogP contribution >= 0.6 is 0 Å². The first-order valence-corrected chi connectivity index (χ1v) is 12.0. The Balaban J connectivity index is 2.19. The quantitative estimate of drug-likeness (QED) is 0.451. The van der Waals surface area contributed by atoms with Gasteiger partial charge in [-0.15, -0.1) is 0 Å². The lowest BCUT2D eigenvalue weighted by Gasteiger charge is -2.43. The summed E-state index contributed by atoms with van der Waals surface area (Å²) in [7, 11) is -2.47. The van der Waals surface area contributed by atoms with Gasteiger partial charge in [0.2, 0.25) is 0 Å². The number of aliphatic hydroxyl groups is 1. The molecule has 28 heavy (non-hydrogen) atoms. The number of allylic oxidation sites excluding steroid dienone is 1. The van der Waals surface area contributed by atoms with Crippen molar-refractivity contribution < 1.29 is 13.9 Å². The Morgan fingerprint density at radius 3 is 1.96 bits per heavy atom. The van der Waals surface area contributed by atoms with Crippen LogP contribution in [0.2, 0.25) is 5.04 Å². The van der Waals surface area contributed by atoms with Crippen molar-refractivity contribution in [2.45, 2.75) is 51.5 Å². The van der Waals surface area contributed by atoms with Crippen molar-refractivity contribution >= 4 is 18.7 Å². The van der Waals surface area contributed by atoms with E-state index in [0.717, 1.165) is 12.8 Å². The minimum atomic E-state index is -2.47. The summed E-state index contributed by atoms with van der Waals surface area (Å²) in [6.45, 7) is 7.33. The summed E-state index contributed by atoms with van der Waals surface area (Å²) in [6.07, 6.45) is 4.12. The van der Waals surface area contributed by atoms with E-state index in [-0.39, 0.29) is 23.9 Å². The van der Waals surface area contributed by atoms with Crippen LogP contribution in [-0.2, 0) is 4.43 Å². The highest BCUT2D eigenvalue weighted by molar-refractivity contribution is 6.99. The van der Waals surface area contributed by atoms with Crippen molar-refractivity contribution in [1.29, 1.82) is 0 Å². The van der Waals surface area contributed by atoms with Crippen molar-refractivity contribution in [3.63, 3.8) is 0 Å². The second-order valence-electron chi connectivity index (χ2n) is 8.13. The molecule has 0 radical (unpaired) electrons. The van der Waals surface area contributed by atoms with E-state index in [4.69, 9.17) is 9.53 Å². The zero-order chi connectivity index (χ0) is 20.5. The molecule has 0 spiro atoms. The number of halogens is 1. The second-order valence-corrected chi connectivity index (χ2v) is 12.4. The SMILES string of the molecule is CC(C)(C)[Si](OCCCC/C=C(/F)CCO)(c1ccccc1)c1ccccc1. The molecule has 0 amide bonds. The highest BCUT2D eigenvalue weighted by Gasteiger charge is 2.49. The Kier molecular flexibility index (Phi) is 8.61. The number of benzene rings is 2. The Labute approximate surface area is 170 Å². The monoisotopic (exact) mass is 400 g/mol. The van der Waals surface area contributed by atoms with Gasteiger partial charge in [-0.1, -0.05) is 87.5 Å². The lowest BCUT2D eigenvalue weighted by atomic mass is 10.2. The maximum atomic E-state index is 13.4. The molecule has 0 bridgehead atoms. The van der Waals surface area contributed by atoms with Gasteiger partial charge in [-0.25, -0.2) is 4.39 Å². The Morgan fingerprint density at radius 1 is 0.964 bits per heavy atom. The van der Waals surface area contributed by atoms with Gasteiger partial charge in [-0.3, -0.25) is 0 Å². The fraction of sp³-hybridized carbons (Fsp3) is 0.417. The molecule has 2 aromatic rings. The van der Waals surface area contributed by atoms with Crippen LogP contribution in [0.15, 0.2) is 72.6 Å². The van der Waals surface area contributed by atoms with Crippen LogP contribution in [0.25, 0.3) is 0 Å². The van der Waals surface area contributed by atoms with Crippen LogP contribution in [-0.4, -0.2) is 26.6 Å². The van der Waals surface area contributed by atoms with E-state index >= 15 is 0 Å². The summed E-state index contributed by atoms with van der Waals surface area (Å²) in [6, 6.07) is 21.2. The molecule has 2 rings (SSSR count). The fourth-order valence-electron chi connectivity index (χ4n) is 3.70. The van der Waals surface area contributed by atoms with Crippen LogP contribution in [0.1, 0.15) is 46.5 Å². The zero-order valence-corrected chi connectivity index (χ0v) is 18.3. The van der Waals surface area contributed by atoms with Crippen molar-refractivity contribution in [1.82, 2.24) is 0 Å². The van der Waals surface area contributed by atoms with Gasteiger partial charge in [-0.2, -0.15) is 0 Å². The molecular weight excluding hydrogens is 367 g/mol. The van der Waals surface area contributed by atoms with Crippen LogP contribution in [0.5, 0.6) is 0 Å². The smallest absolute Gasteiger partial charge is 0.261 e. The molecule has 0 fully saturated rings. The van der Waals surface area contributed by atoms with E-state index in [0.29, 0.717) is 13.0 Å². The van der Waals surface area contributed by atoms with Crippen molar-refractivity contribution in [3.05, 3.63) is 72.6 Å². The predicted molar refractivity (Wildman–Crippen MR) is 118 cm³/mol. The molecule has 0 heterocycles. The van der Waals surface area contributed by atoms with Crippen LogP contribution in [0, 0.1) is 0 Å². The summed E-state index contributed by atoms with van der Waals surface area (Å²) >= 11 is 0. The van der Waals surface area contributed by atoms with Crippen LogP contribution < -0.4 is 10.4 Å². The third-order valence-electron chi connectivity index (χ3n) is 5.05. The Morgan fingerprint density at radius 2 is 1.50 bits per heavy atom. The van der Waals surface area contributed by atoms with Crippen LogP contribution in [0.4, 0.5) is 4.39 Å². The van der Waals surface area contributed by atoms with E-state index in [2.05, 4.69) is 69.3 Å². The minimum Gasteiger partial charge on any atom is -0.407 e. The normalized spacial score (nSPS) is 13.0. The molecule has 0 aliphatic heterocycles. The van der Waals surface area contributed by atoms with Gasteiger partial charge in [0, 0.05) is 19.6 Å². The molecule has 0 aromatic heterocycles. The molecular formula is C24H33FO2Si. The molecule has 0 aliphatic carbocycles. The molecule has 1 N–H and O–H groups in total. The Hall–Kier alpha value is -1.75. The topological polar surface area (TPSA) is 29.5 Å². The standard InChI is InChI=1S/C24H33FO2Si/c1-24(2,3)28(22-14-8-4-9-15-22,23-16-10-5-11-17-23)27-20-12-6-7-13-21(25)18-19-26/h4-5,8-11,13-17,26H,6-7,12,18-20H2,1-3H3/b21-13+. The lowest BCUT2D eigenvalue weighted by molar-refractivity contribution is 0.285. The molecule has 0 aliphatic rings. The minimum absolute atomic E-state index is 0.0250. The maximum Gasteiger partial charge on any atom is 0.261 e. The first-order valence-electron chi connectivity index (χ1n) is 10.1.